The first kappa shape index (κ1) is 15.9. The number of nitrogens with two attached hydrogens (primary N) is 1. The molecule has 1 aromatic carbocycles. The minimum atomic E-state index is -0.0536. The second-order valence-corrected chi connectivity index (χ2v) is 5.77. The zero-order valence-corrected chi connectivity index (χ0v) is 12.9. The van der Waals surface area contributed by atoms with E-state index in [1.807, 2.05) is 0 Å². The van der Waals surface area contributed by atoms with E-state index in [-0.39, 0.29) is 11.9 Å². The Morgan fingerprint density at radius 3 is 2.62 bits per heavy atom. The van der Waals surface area contributed by atoms with Crippen molar-refractivity contribution >= 4 is 17.5 Å². The minimum Gasteiger partial charge on any atom is -0.349 e. The average Bonchev–Trinajstić information content (AvgIpc) is 2.74. The van der Waals surface area contributed by atoms with Crippen LogP contribution in [0.25, 0.3) is 0 Å². The van der Waals surface area contributed by atoms with E-state index in [4.69, 9.17) is 17.3 Å². The molecule has 1 amide bonds. The molecule has 1 aliphatic carbocycles. The van der Waals surface area contributed by atoms with Crippen LogP contribution >= 0.6 is 11.6 Å². The summed E-state index contributed by atoms with van der Waals surface area (Å²) in [6, 6.07) is 5.50. The lowest BCUT2D eigenvalue weighted by Crippen LogP contribution is -2.34. The van der Waals surface area contributed by atoms with Gasteiger partial charge in [-0.2, -0.15) is 0 Å². The molecule has 112 valence electrons. The second-order valence-electron chi connectivity index (χ2n) is 5.36. The van der Waals surface area contributed by atoms with Gasteiger partial charge in [-0.15, -0.1) is 0 Å². The highest BCUT2D eigenvalue weighted by atomic mass is 35.5. The highest BCUT2D eigenvalue weighted by molar-refractivity contribution is 6.32. The molecule has 0 spiro atoms. The third-order valence-corrected chi connectivity index (χ3v) is 4.06. The zero-order valence-electron chi connectivity index (χ0n) is 12.1. The van der Waals surface area contributed by atoms with Gasteiger partial charge in [0.15, 0.2) is 0 Å². The van der Waals surface area contributed by atoms with Crippen molar-refractivity contribution in [3.63, 3.8) is 0 Å². The van der Waals surface area contributed by atoms with Crippen molar-refractivity contribution in [3.05, 3.63) is 34.3 Å². The molecule has 21 heavy (non-hydrogen) atoms. The third kappa shape index (κ3) is 4.77. The zero-order chi connectivity index (χ0) is 15.1. The first-order valence-corrected chi connectivity index (χ1v) is 7.88. The van der Waals surface area contributed by atoms with Crippen molar-refractivity contribution in [1.29, 1.82) is 0 Å². The van der Waals surface area contributed by atoms with E-state index in [9.17, 15) is 4.79 Å². The van der Waals surface area contributed by atoms with Crippen LogP contribution in [0.15, 0.2) is 18.2 Å². The fourth-order valence-corrected chi connectivity index (χ4v) is 2.82. The van der Waals surface area contributed by atoms with Crippen molar-refractivity contribution in [2.24, 2.45) is 5.73 Å². The number of nitrogens with one attached hydrogen (secondary N) is 1. The van der Waals surface area contributed by atoms with E-state index in [1.165, 1.54) is 25.7 Å². The number of carbonyl (C=O) groups excluding carboxylic acids is 1. The predicted molar refractivity (Wildman–Crippen MR) is 86.3 cm³/mol. The van der Waals surface area contributed by atoms with Gasteiger partial charge in [0, 0.05) is 17.2 Å². The smallest absolute Gasteiger partial charge is 0.251 e. The Hall–Kier alpha value is -1.50. The van der Waals surface area contributed by atoms with Gasteiger partial charge in [0.2, 0.25) is 0 Å². The van der Waals surface area contributed by atoms with Gasteiger partial charge in [0.05, 0.1) is 11.6 Å². The molecule has 1 aliphatic rings. The third-order valence-electron chi connectivity index (χ3n) is 3.75. The second kappa shape index (κ2) is 8.07. The summed E-state index contributed by atoms with van der Waals surface area (Å²) in [6.45, 7) is 0.292. The van der Waals surface area contributed by atoms with E-state index in [1.54, 1.807) is 18.2 Å². The lowest BCUT2D eigenvalue weighted by Gasteiger charge is -2.16. The van der Waals surface area contributed by atoms with E-state index < -0.39 is 0 Å². The van der Waals surface area contributed by atoms with Gasteiger partial charge in [-0.25, -0.2) is 0 Å². The first-order chi connectivity index (χ1) is 10.2. The lowest BCUT2D eigenvalue weighted by atomic mass is 10.1. The van der Waals surface area contributed by atoms with Crippen molar-refractivity contribution in [2.45, 2.75) is 44.6 Å². The molecule has 4 heteroatoms. The Kier molecular flexibility index (Phi) is 6.10. The molecule has 0 bridgehead atoms. The molecule has 1 fully saturated rings. The average molecular weight is 305 g/mol. The van der Waals surface area contributed by atoms with E-state index >= 15 is 0 Å². The normalized spacial score (nSPS) is 15.7. The Morgan fingerprint density at radius 2 is 2.00 bits per heavy atom. The van der Waals surface area contributed by atoms with Crippen molar-refractivity contribution in [1.82, 2.24) is 5.32 Å². The summed E-state index contributed by atoms with van der Waals surface area (Å²) in [7, 11) is 0. The Labute approximate surface area is 131 Å². The van der Waals surface area contributed by atoms with Gasteiger partial charge in [-0.1, -0.05) is 49.1 Å². The Morgan fingerprint density at radius 1 is 1.29 bits per heavy atom. The molecular formula is C17H21ClN2O. The van der Waals surface area contributed by atoms with Gasteiger partial charge in [-0.05, 0) is 31.0 Å². The molecule has 0 unspecified atom stereocenters. The van der Waals surface area contributed by atoms with Crippen LogP contribution in [0.2, 0.25) is 5.02 Å². The van der Waals surface area contributed by atoms with Crippen LogP contribution in [0.1, 0.15) is 54.4 Å². The molecular weight excluding hydrogens is 284 g/mol. The number of amides is 1. The minimum absolute atomic E-state index is 0.0536. The molecule has 0 saturated heterocycles. The summed E-state index contributed by atoms with van der Waals surface area (Å²) in [4.78, 5) is 12.3. The van der Waals surface area contributed by atoms with Crippen LogP contribution in [-0.2, 0) is 0 Å². The maximum Gasteiger partial charge on any atom is 0.251 e. The number of benzene rings is 1. The summed E-state index contributed by atoms with van der Waals surface area (Å²) >= 11 is 6.15. The molecule has 0 aromatic heterocycles. The fraction of sp³-hybridized carbons (Fsp3) is 0.471. The van der Waals surface area contributed by atoms with Crippen LogP contribution in [0.3, 0.4) is 0 Å². The molecule has 3 N–H and O–H groups in total. The van der Waals surface area contributed by atoms with Crippen LogP contribution < -0.4 is 11.1 Å². The molecule has 0 aliphatic heterocycles. The molecule has 1 saturated carbocycles. The first-order valence-electron chi connectivity index (χ1n) is 7.50. The quantitative estimate of drug-likeness (QED) is 0.651. The molecule has 2 rings (SSSR count). The number of rotatable bonds is 2. The highest BCUT2D eigenvalue weighted by Crippen LogP contribution is 2.19. The van der Waals surface area contributed by atoms with Gasteiger partial charge < -0.3 is 11.1 Å². The Balaban J connectivity index is 2.03. The van der Waals surface area contributed by atoms with Gasteiger partial charge >= 0.3 is 0 Å². The van der Waals surface area contributed by atoms with E-state index in [0.717, 1.165) is 12.8 Å². The molecule has 0 heterocycles. The van der Waals surface area contributed by atoms with Gasteiger partial charge in [0.25, 0.3) is 5.91 Å². The van der Waals surface area contributed by atoms with Crippen LogP contribution in [0.4, 0.5) is 0 Å². The van der Waals surface area contributed by atoms with E-state index in [0.29, 0.717) is 22.7 Å². The van der Waals surface area contributed by atoms with Crippen LogP contribution in [0, 0.1) is 11.8 Å². The number of hydrogen-bond acceptors (Lipinski definition) is 2. The SMILES string of the molecule is NCC#Cc1ccc(C(=O)NC2CCCCCC2)cc1Cl. The summed E-state index contributed by atoms with van der Waals surface area (Å²) < 4.78 is 0. The molecule has 0 atom stereocenters. The summed E-state index contributed by atoms with van der Waals surface area (Å²) in [5.41, 5.74) is 6.63. The van der Waals surface area contributed by atoms with Gasteiger partial charge in [0.1, 0.15) is 0 Å². The maximum atomic E-state index is 12.3. The highest BCUT2D eigenvalue weighted by Gasteiger charge is 2.16. The number of hydrogen-bond donors (Lipinski definition) is 2. The van der Waals surface area contributed by atoms with Crippen LogP contribution in [0.5, 0.6) is 0 Å². The maximum absolute atomic E-state index is 12.3. The molecule has 3 nitrogen and oxygen atoms in total. The fourth-order valence-electron chi connectivity index (χ4n) is 2.60. The standard InChI is InChI=1S/C17H21ClN2O/c18-16-12-14(10-9-13(16)6-5-11-19)17(21)20-15-7-3-1-2-4-8-15/h9-10,12,15H,1-4,7-8,11,19H2,(H,20,21). The largest absolute Gasteiger partial charge is 0.349 e. The summed E-state index contributed by atoms with van der Waals surface area (Å²) in [5.74, 6) is 5.60. The molecule has 0 radical (unpaired) electrons. The van der Waals surface area contributed by atoms with Crippen molar-refractivity contribution in [3.8, 4) is 11.8 Å². The topological polar surface area (TPSA) is 55.1 Å². The molecule has 1 aromatic rings. The van der Waals surface area contributed by atoms with E-state index in [2.05, 4.69) is 17.2 Å². The predicted octanol–water partition coefficient (Wildman–Crippen LogP) is 3.10. The Bertz CT molecular complexity index is 552. The van der Waals surface area contributed by atoms with Crippen LogP contribution in [-0.4, -0.2) is 18.5 Å². The summed E-state index contributed by atoms with van der Waals surface area (Å²) in [5, 5.41) is 3.60. The number of halogens is 1. The lowest BCUT2D eigenvalue weighted by molar-refractivity contribution is 0.0933. The van der Waals surface area contributed by atoms with Gasteiger partial charge in [-0.3, -0.25) is 4.79 Å². The van der Waals surface area contributed by atoms with Crippen molar-refractivity contribution in [2.75, 3.05) is 6.54 Å². The monoisotopic (exact) mass is 304 g/mol. The number of carbonyl (C=O) groups is 1. The summed E-state index contributed by atoms with van der Waals surface area (Å²) in [6.07, 6.45) is 7.07. The van der Waals surface area contributed by atoms with Crippen molar-refractivity contribution < 1.29 is 4.79 Å².